The molecule has 1 unspecified atom stereocenters. The van der Waals surface area contributed by atoms with Crippen LogP contribution in [0, 0.1) is 12.3 Å². The Morgan fingerprint density at radius 3 is 2.47 bits per heavy atom. The lowest BCUT2D eigenvalue weighted by Gasteiger charge is -2.32. The van der Waals surface area contributed by atoms with E-state index in [9.17, 15) is 8.42 Å². The fraction of sp³-hybridized carbons (Fsp3) is 0.833. The smallest absolute Gasteiger partial charge is 0.151 e. The monoisotopic (exact) mass is 256 g/mol. The molecule has 2 saturated heterocycles. The fourth-order valence-electron chi connectivity index (χ4n) is 2.65. The Kier molecular flexibility index (Phi) is 4.08. The molecule has 0 radical (unpaired) electrons. The van der Waals surface area contributed by atoms with Gasteiger partial charge in [-0.2, -0.15) is 0 Å². The first-order valence-electron chi connectivity index (χ1n) is 6.21. The molecule has 2 aliphatic heterocycles. The number of terminal acetylenes is 1. The lowest BCUT2D eigenvalue weighted by molar-refractivity contribution is 0.211. The van der Waals surface area contributed by atoms with Crippen molar-refractivity contribution in [1.82, 2.24) is 10.2 Å². The molecule has 2 heterocycles. The van der Waals surface area contributed by atoms with Crippen molar-refractivity contribution in [2.45, 2.75) is 31.3 Å². The lowest BCUT2D eigenvalue weighted by atomic mass is 10.0. The summed E-state index contributed by atoms with van der Waals surface area (Å²) in [5.41, 5.74) is 0. The number of piperidine rings is 1. The number of likely N-dealkylation sites (tertiary alicyclic amines) is 1. The Morgan fingerprint density at radius 2 is 1.94 bits per heavy atom. The molecule has 1 atom stereocenters. The van der Waals surface area contributed by atoms with Crippen molar-refractivity contribution in [2.24, 2.45) is 0 Å². The molecule has 17 heavy (non-hydrogen) atoms. The molecule has 0 bridgehead atoms. The van der Waals surface area contributed by atoms with Crippen LogP contribution in [0.15, 0.2) is 0 Å². The Bertz CT molecular complexity index is 391. The first-order valence-corrected chi connectivity index (χ1v) is 8.03. The van der Waals surface area contributed by atoms with Crippen molar-refractivity contribution in [3.05, 3.63) is 0 Å². The molecular formula is C12H20N2O2S. The highest BCUT2D eigenvalue weighted by Gasteiger charge is 2.30. The van der Waals surface area contributed by atoms with Gasteiger partial charge in [0.2, 0.25) is 0 Å². The highest BCUT2D eigenvalue weighted by Crippen LogP contribution is 2.16. The zero-order chi connectivity index (χ0) is 12.3. The van der Waals surface area contributed by atoms with Crippen molar-refractivity contribution >= 4 is 9.84 Å². The van der Waals surface area contributed by atoms with Crippen LogP contribution in [-0.4, -0.2) is 56.5 Å². The molecule has 0 aromatic heterocycles. The summed E-state index contributed by atoms with van der Waals surface area (Å²) in [6.45, 7) is 2.76. The van der Waals surface area contributed by atoms with Gasteiger partial charge < -0.3 is 5.32 Å². The summed E-state index contributed by atoms with van der Waals surface area (Å²) in [6, 6.07) is 0.631. The van der Waals surface area contributed by atoms with Crippen molar-refractivity contribution < 1.29 is 8.42 Å². The van der Waals surface area contributed by atoms with Crippen LogP contribution < -0.4 is 5.32 Å². The summed E-state index contributed by atoms with van der Waals surface area (Å²) in [7, 11) is -2.77. The third-order valence-electron chi connectivity index (χ3n) is 3.61. The lowest BCUT2D eigenvalue weighted by Crippen LogP contribution is -2.46. The second kappa shape index (κ2) is 5.38. The predicted molar refractivity (Wildman–Crippen MR) is 68.5 cm³/mol. The second-order valence-electron chi connectivity index (χ2n) is 5.02. The van der Waals surface area contributed by atoms with E-state index in [1.807, 2.05) is 0 Å². The minimum Gasteiger partial charge on any atom is -0.310 e. The molecule has 1 N–H and O–H groups in total. The van der Waals surface area contributed by atoms with E-state index in [1.54, 1.807) is 0 Å². The van der Waals surface area contributed by atoms with Gasteiger partial charge in [-0.15, -0.1) is 6.42 Å². The fourth-order valence-corrected chi connectivity index (χ4v) is 4.33. The van der Waals surface area contributed by atoms with Gasteiger partial charge in [-0.1, -0.05) is 5.92 Å². The maximum absolute atomic E-state index is 11.3. The van der Waals surface area contributed by atoms with E-state index >= 15 is 0 Å². The van der Waals surface area contributed by atoms with E-state index < -0.39 is 9.84 Å². The van der Waals surface area contributed by atoms with Crippen molar-refractivity contribution in [3.63, 3.8) is 0 Å². The second-order valence-corrected chi connectivity index (χ2v) is 7.25. The number of hydrogen-bond donors (Lipinski definition) is 1. The number of nitrogens with one attached hydrogen (secondary N) is 1. The average Bonchev–Trinajstić information content (AvgIpc) is 2.61. The van der Waals surface area contributed by atoms with Gasteiger partial charge in [0, 0.05) is 25.2 Å². The molecule has 0 saturated carbocycles. The van der Waals surface area contributed by atoms with Crippen LogP contribution in [0.1, 0.15) is 19.3 Å². The summed E-state index contributed by atoms with van der Waals surface area (Å²) in [5, 5.41) is 3.48. The third-order valence-corrected chi connectivity index (χ3v) is 5.37. The molecule has 0 aliphatic carbocycles. The van der Waals surface area contributed by atoms with Gasteiger partial charge in [-0.25, -0.2) is 8.42 Å². The van der Waals surface area contributed by atoms with Crippen molar-refractivity contribution in [1.29, 1.82) is 0 Å². The van der Waals surface area contributed by atoms with Crippen LogP contribution in [0.2, 0.25) is 0 Å². The average molecular weight is 256 g/mol. The van der Waals surface area contributed by atoms with E-state index in [0.717, 1.165) is 38.9 Å². The van der Waals surface area contributed by atoms with Gasteiger partial charge in [0.1, 0.15) is 0 Å². The van der Waals surface area contributed by atoms with E-state index in [1.165, 1.54) is 0 Å². The molecule has 2 fully saturated rings. The zero-order valence-electron chi connectivity index (χ0n) is 10.1. The zero-order valence-corrected chi connectivity index (χ0v) is 10.9. The number of hydrogen-bond acceptors (Lipinski definition) is 4. The Balaban J connectivity index is 1.74. The molecule has 0 aromatic carbocycles. The van der Waals surface area contributed by atoms with Gasteiger partial charge in [0.15, 0.2) is 9.84 Å². The highest BCUT2D eigenvalue weighted by atomic mass is 32.2. The maximum Gasteiger partial charge on any atom is 0.151 e. The summed E-state index contributed by atoms with van der Waals surface area (Å²) >= 11 is 0. The van der Waals surface area contributed by atoms with E-state index in [2.05, 4.69) is 16.1 Å². The van der Waals surface area contributed by atoms with Gasteiger partial charge >= 0.3 is 0 Å². The minimum atomic E-state index is -2.77. The topological polar surface area (TPSA) is 49.4 Å². The molecule has 0 aromatic rings. The quantitative estimate of drug-likeness (QED) is 0.714. The van der Waals surface area contributed by atoms with E-state index in [-0.39, 0.29) is 6.04 Å². The molecule has 5 heteroatoms. The normalized spacial score (nSPS) is 30.2. The van der Waals surface area contributed by atoms with Crippen LogP contribution in [0.25, 0.3) is 0 Å². The van der Waals surface area contributed by atoms with Crippen LogP contribution in [0.3, 0.4) is 0 Å². The number of nitrogens with zero attached hydrogens (tertiary/aromatic N) is 1. The number of sulfone groups is 1. The summed E-state index contributed by atoms with van der Waals surface area (Å²) in [5.74, 6) is 3.33. The van der Waals surface area contributed by atoms with Gasteiger partial charge in [-0.05, 0) is 19.3 Å². The molecule has 4 nitrogen and oxygen atoms in total. The Labute approximate surface area is 104 Å². The molecule has 96 valence electrons. The maximum atomic E-state index is 11.3. The number of rotatable bonds is 3. The van der Waals surface area contributed by atoms with Gasteiger partial charge in [0.05, 0.1) is 18.1 Å². The summed E-state index contributed by atoms with van der Waals surface area (Å²) in [4.78, 5) is 2.27. The summed E-state index contributed by atoms with van der Waals surface area (Å²) in [6.07, 6.45) is 8.19. The van der Waals surface area contributed by atoms with Crippen LogP contribution in [0.4, 0.5) is 0 Å². The Morgan fingerprint density at radius 1 is 1.24 bits per heavy atom. The molecule has 2 rings (SSSR count). The van der Waals surface area contributed by atoms with Crippen LogP contribution >= 0.6 is 0 Å². The minimum absolute atomic E-state index is 0.171. The van der Waals surface area contributed by atoms with Crippen LogP contribution in [-0.2, 0) is 9.84 Å². The van der Waals surface area contributed by atoms with Gasteiger partial charge in [-0.3, -0.25) is 4.90 Å². The largest absolute Gasteiger partial charge is 0.310 e. The van der Waals surface area contributed by atoms with Gasteiger partial charge in [0.25, 0.3) is 0 Å². The third kappa shape index (κ3) is 3.70. The predicted octanol–water partition coefficient (Wildman–Crippen LogP) is -0.139. The first kappa shape index (κ1) is 12.9. The standard InChI is InChI=1S/C12H20N2O2S/c1-2-6-14-7-3-11(4-8-14)13-12-5-9-17(15,16)10-12/h1,11-13H,3-10H2. The van der Waals surface area contributed by atoms with Crippen molar-refractivity contribution in [2.75, 3.05) is 31.1 Å². The van der Waals surface area contributed by atoms with Crippen molar-refractivity contribution in [3.8, 4) is 12.3 Å². The van der Waals surface area contributed by atoms with E-state index in [4.69, 9.17) is 6.42 Å². The molecule has 0 spiro atoms. The Hall–Kier alpha value is -0.570. The van der Waals surface area contributed by atoms with Crippen LogP contribution in [0.5, 0.6) is 0 Å². The molecule has 2 aliphatic rings. The SMILES string of the molecule is C#CCN1CCC(NC2CCS(=O)(=O)C2)CC1. The van der Waals surface area contributed by atoms with E-state index in [0.29, 0.717) is 17.5 Å². The first-order chi connectivity index (χ1) is 8.09. The molecule has 0 amide bonds. The summed E-state index contributed by atoms with van der Waals surface area (Å²) < 4.78 is 22.7. The molecular weight excluding hydrogens is 236 g/mol. The highest BCUT2D eigenvalue weighted by molar-refractivity contribution is 7.91.